The second kappa shape index (κ2) is 6.47. The Kier molecular flexibility index (Phi) is 4.66. The van der Waals surface area contributed by atoms with E-state index in [1.165, 1.54) is 0 Å². The number of carbonyl (C=O) groups excluding carboxylic acids is 1. The number of pyridine rings is 1. The number of carbonyl (C=O) groups is 1. The lowest BCUT2D eigenvalue weighted by molar-refractivity contribution is -0.134. The molecule has 0 bridgehead atoms. The van der Waals surface area contributed by atoms with Gasteiger partial charge in [-0.15, -0.1) is 0 Å². The Morgan fingerprint density at radius 3 is 3.00 bits per heavy atom. The summed E-state index contributed by atoms with van der Waals surface area (Å²) in [5, 5.41) is 3.15. The van der Waals surface area contributed by atoms with Gasteiger partial charge in [-0.25, -0.2) is 0 Å². The van der Waals surface area contributed by atoms with Crippen molar-refractivity contribution in [3.05, 3.63) is 29.6 Å². The van der Waals surface area contributed by atoms with Crippen LogP contribution in [0, 0.1) is 6.92 Å². The molecular weight excluding hydrogens is 230 g/mol. The van der Waals surface area contributed by atoms with Gasteiger partial charge >= 0.3 is 0 Å². The van der Waals surface area contributed by atoms with Crippen molar-refractivity contribution in [3.63, 3.8) is 0 Å². The van der Waals surface area contributed by atoms with E-state index in [1.807, 2.05) is 24.0 Å². The number of aryl methyl sites for hydroxylation is 1. The van der Waals surface area contributed by atoms with Crippen LogP contribution < -0.4 is 5.32 Å². The van der Waals surface area contributed by atoms with Crippen molar-refractivity contribution < 1.29 is 9.53 Å². The van der Waals surface area contributed by atoms with Crippen LogP contribution in [-0.4, -0.2) is 48.6 Å². The standard InChI is InChI=1S/C13H19N3O2/c1-11-3-2-4-15-12(11)9-14-10-13(17)16-5-7-18-8-6-16/h2-4,14H,5-10H2,1H3. The highest BCUT2D eigenvalue weighted by Gasteiger charge is 2.15. The molecule has 0 atom stereocenters. The fourth-order valence-electron chi connectivity index (χ4n) is 1.92. The van der Waals surface area contributed by atoms with Gasteiger partial charge in [-0.1, -0.05) is 6.07 Å². The largest absolute Gasteiger partial charge is 0.378 e. The first-order valence-electron chi connectivity index (χ1n) is 6.24. The molecule has 0 saturated carbocycles. The van der Waals surface area contributed by atoms with Crippen molar-refractivity contribution in [2.75, 3.05) is 32.8 Å². The molecule has 2 heterocycles. The smallest absolute Gasteiger partial charge is 0.236 e. The van der Waals surface area contributed by atoms with Crippen molar-refractivity contribution >= 4 is 5.91 Å². The molecule has 1 fully saturated rings. The maximum Gasteiger partial charge on any atom is 0.236 e. The fraction of sp³-hybridized carbons (Fsp3) is 0.538. The Bertz CT molecular complexity index is 403. The molecule has 5 nitrogen and oxygen atoms in total. The lowest BCUT2D eigenvalue weighted by Gasteiger charge is -2.26. The molecule has 0 aliphatic carbocycles. The Labute approximate surface area is 107 Å². The molecule has 18 heavy (non-hydrogen) atoms. The maximum absolute atomic E-state index is 11.9. The Morgan fingerprint density at radius 2 is 2.28 bits per heavy atom. The highest BCUT2D eigenvalue weighted by atomic mass is 16.5. The summed E-state index contributed by atoms with van der Waals surface area (Å²) in [6.07, 6.45) is 1.77. The highest BCUT2D eigenvalue weighted by Crippen LogP contribution is 2.02. The molecule has 1 amide bonds. The molecule has 1 aliphatic heterocycles. The number of hydrogen-bond donors (Lipinski definition) is 1. The van der Waals surface area contributed by atoms with Crippen molar-refractivity contribution in [1.29, 1.82) is 0 Å². The summed E-state index contributed by atoms with van der Waals surface area (Å²) in [5.41, 5.74) is 2.14. The first kappa shape index (κ1) is 13.0. The van der Waals surface area contributed by atoms with Gasteiger partial charge in [-0.2, -0.15) is 0 Å². The fourth-order valence-corrected chi connectivity index (χ4v) is 1.92. The summed E-state index contributed by atoms with van der Waals surface area (Å²) < 4.78 is 5.22. The van der Waals surface area contributed by atoms with E-state index in [2.05, 4.69) is 10.3 Å². The van der Waals surface area contributed by atoms with Gasteiger partial charge in [-0.05, 0) is 18.6 Å². The van der Waals surface area contributed by atoms with E-state index in [1.54, 1.807) is 6.20 Å². The summed E-state index contributed by atoms with van der Waals surface area (Å²) in [5.74, 6) is 0.131. The van der Waals surface area contributed by atoms with Gasteiger partial charge in [0.1, 0.15) is 0 Å². The van der Waals surface area contributed by atoms with E-state index < -0.39 is 0 Å². The summed E-state index contributed by atoms with van der Waals surface area (Å²) in [7, 11) is 0. The van der Waals surface area contributed by atoms with Crippen molar-refractivity contribution in [1.82, 2.24) is 15.2 Å². The number of amides is 1. The van der Waals surface area contributed by atoms with E-state index in [-0.39, 0.29) is 5.91 Å². The zero-order chi connectivity index (χ0) is 12.8. The second-order valence-electron chi connectivity index (χ2n) is 4.36. The van der Waals surface area contributed by atoms with Gasteiger partial charge in [0.2, 0.25) is 5.91 Å². The molecule has 0 spiro atoms. The summed E-state index contributed by atoms with van der Waals surface area (Å²) in [6.45, 7) is 5.69. The van der Waals surface area contributed by atoms with E-state index in [4.69, 9.17) is 4.74 Å². The van der Waals surface area contributed by atoms with E-state index in [9.17, 15) is 4.79 Å². The van der Waals surface area contributed by atoms with Crippen molar-refractivity contribution in [2.45, 2.75) is 13.5 Å². The maximum atomic E-state index is 11.9. The lowest BCUT2D eigenvalue weighted by Crippen LogP contribution is -2.44. The molecule has 1 N–H and O–H groups in total. The van der Waals surface area contributed by atoms with Crippen LogP contribution in [0.3, 0.4) is 0 Å². The Hall–Kier alpha value is -1.46. The van der Waals surface area contributed by atoms with Crippen LogP contribution in [0.1, 0.15) is 11.3 Å². The van der Waals surface area contributed by atoms with Crippen molar-refractivity contribution in [3.8, 4) is 0 Å². The number of aromatic nitrogens is 1. The third kappa shape index (κ3) is 3.51. The second-order valence-corrected chi connectivity index (χ2v) is 4.36. The van der Waals surface area contributed by atoms with Crippen LogP contribution in [0.2, 0.25) is 0 Å². The van der Waals surface area contributed by atoms with Gasteiger partial charge < -0.3 is 15.0 Å². The molecule has 5 heteroatoms. The van der Waals surface area contributed by atoms with E-state index >= 15 is 0 Å². The van der Waals surface area contributed by atoms with Crippen LogP contribution in [0.15, 0.2) is 18.3 Å². The molecule has 98 valence electrons. The normalized spacial score (nSPS) is 15.7. The van der Waals surface area contributed by atoms with Gasteiger partial charge in [0.15, 0.2) is 0 Å². The van der Waals surface area contributed by atoms with Gasteiger partial charge in [0.25, 0.3) is 0 Å². The molecular formula is C13H19N3O2. The highest BCUT2D eigenvalue weighted by molar-refractivity contribution is 5.78. The van der Waals surface area contributed by atoms with Gasteiger partial charge in [-0.3, -0.25) is 9.78 Å². The zero-order valence-electron chi connectivity index (χ0n) is 10.7. The minimum absolute atomic E-state index is 0.131. The molecule has 0 unspecified atom stereocenters. The lowest BCUT2D eigenvalue weighted by atomic mass is 10.2. The molecule has 2 rings (SSSR count). The predicted molar refractivity (Wildman–Crippen MR) is 68.1 cm³/mol. The topological polar surface area (TPSA) is 54.5 Å². The monoisotopic (exact) mass is 249 g/mol. The number of morpholine rings is 1. The summed E-state index contributed by atoms with van der Waals surface area (Å²) in [4.78, 5) is 18.0. The zero-order valence-corrected chi connectivity index (χ0v) is 10.7. The number of nitrogens with zero attached hydrogens (tertiary/aromatic N) is 2. The van der Waals surface area contributed by atoms with Crippen LogP contribution in [0.25, 0.3) is 0 Å². The van der Waals surface area contributed by atoms with Gasteiger partial charge in [0, 0.05) is 25.8 Å². The van der Waals surface area contributed by atoms with Gasteiger partial charge in [0.05, 0.1) is 25.5 Å². The number of hydrogen-bond acceptors (Lipinski definition) is 4. The third-order valence-corrected chi connectivity index (χ3v) is 3.05. The molecule has 1 saturated heterocycles. The Balaban J connectivity index is 1.75. The van der Waals surface area contributed by atoms with Crippen LogP contribution in [0.5, 0.6) is 0 Å². The van der Waals surface area contributed by atoms with Crippen LogP contribution in [0.4, 0.5) is 0 Å². The molecule has 0 aromatic carbocycles. The summed E-state index contributed by atoms with van der Waals surface area (Å²) in [6, 6.07) is 3.94. The molecule has 1 aromatic heterocycles. The van der Waals surface area contributed by atoms with Crippen LogP contribution >= 0.6 is 0 Å². The number of nitrogens with one attached hydrogen (secondary N) is 1. The average Bonchev–Trinajstić information content (AvgIpc) is 2.42. The first-order valence-corrected chi connectivity index (χ1v) is 6.24. The van der Waals surface area contributed by atoms with E-state index in [0.29, 0.717) is 39.4 Å². The number of ether oxygens (including phenoxy) is 1. The minimum Gasteiger partial charge on any atom is -0.378 e. The quantitative estimate of drug-likeness (QED) is 0.836. The average molecular weight is 249 g/mol. The van der Waals surface area contributed by atoms with E-state index in [0.717, 1.165) is 11.3 Å². The molecule has 1 aromatic rings. The summed E-state index contributed by atoms with van der Waals surface area (Å²) >= 11 is 0. The third-order valence-electron chi connectivity index (χ3n) is 3.05. The van der Waals surface area contributed by atoms with Crippen molar-refractivity contribution in [2.24, 2.45) is 0 Å². The molecule has 0 radical (unpaired) electrons. The predicted octanol–water partition coefficient (Wildman–Crippen LogP) is 0.338. The first-order chi connectivity index (χ1) is 8.77. The SMILES string of the molecule is Cc1cccnc1CNCC(=O)N1CCOCC1. The Morgan fingerprint density at radius 1 is 1.50 bits per heavy atom. The minimum atomic E-state index is 0.131. The van der Waals surface area contributed by atoms with Crippen LogP contribution in [-0.2, 0) is 16.1 Å². The molecule has 1 aliphatic rings. The number of rotatable bonds is 4.